The molecule has 0 N–H and O–H groups in total. The van der Waals surface area contributed by atoms with Gasteiger partial charge in [0.05, 0.1) is 8.07 Å². The van der Waals surface area contributed by atoms with Gasteiger partial charge in [-0.15, -0.1) is 11.3 Å². The molecule has 0 aliphatic carbocycles. The average Bonchev–Trinajstić information content (AvgIpc) is 2.76. The summed E-state index contributed by atoms with van der Waals surface area (Å²) in [5.41, 5.74) is 0. The molecule has 0 fully saturated rings. The first-order valence-corrected chi connectivity index (χ1v) is 9.68. The van der Waals surface area contributed by atoms with E-state index in [4.69, 9.17) is 0 Å². The summed E-state index contributed by atoms with van der Waals surface area (Å²) >= 11 is 2.04. The van der Waals surface area contributed by atoms with Gasteiger partial charge in [-0.1, -0.05) is 57.1 Å². The molecule has 16 heavy (non-hydrogen) atoms. The third-order valence-electron chi connectivity index (χ3n) is 3.98. The van der Waals surface area contributed by atoms with Gasteiger partial charge in [0.1, 0.15) is 0 Å². The molecule has 2 rings (SSSR count). The van der Waals surface area contributed by atoms with E-state index in [1.165, 1.54) is 28.2 Å². The Kier molecular flexibility index (Phi) is 3.50. The number of benzene rings is 1. The molecule has 0 aliphatic heterocycles. The molecule has 86 valence electrons. The first-order chi connectivity index (χ1) is 7.75. The van der Waals surface area contributed by atoms with Gasteiger partial charge < -0.3 is 0 Å². The summed E-state index contributed by atoms with van der Waals surface area (Å²) in [5.74, 6) is 0. The third-order valence-corrected chi connectivity index (χ3v) is 11.8. The molecule has 0 saturated heterocycles. The molecule has 0 nitrogen and oxygen atoms in total. The monoisotopic (exact) mass is 248 g/mol. The fourth-order valence-corrected chi connectivity index (χ4v) is 8.83. The van der Waals surface area contributed by atoms with Crippen LogP contribution < -0.4 is 4.50 Å². The van der Waals surface area contributed by atoms with E-state index in [0.717, 1.165) is 0 Å². The van der Waals surface area contributed by atoms with Gasteiger partial charge in [-0.3, -0.25) is 0 Å². The van der Waals surface area contributed by atoms with E-state index in [9.17, 15) is 0 Å². The lowest BCUT2D eigenvalue weighted by Crippen LogP contribution is -2.43. The lowest BCUT2D eigenvalue weighted by molar-refractivity contribution is 1.20. The highest BCUT2D eigenvalue weighted by atomic mass is 32.1. The van der Waals surface area contributed by atoms with Crippen LogP contribution in [0, 0.1) is 0 Å². The van der Waals surface area contributed by atoms with Crippen molar-refractivity contribution >= 4 is 34.0 Å². The standard InChI is InChI=1S/C14H20SSi/c1-4-16(5-2,6-3)14-11-12-9-7-8-10-13(12)15-14/h7-11H,4-6H2,1-3H3. The van der Waals surface area contributed by atoms with Gasteiger partial charge in [-0.2, -0.15) is 0 Å². The summed E-state index contributed by atoms with van der Waals surface area (Å²) in [7, 11) is -1.16. The van der Waals surface area contributed by atoms with Crippen molar-refractivity contribution in [3.63, 3.8) is 0 Å². The fraction of sp³-hybridized carbons (Fsp3) is 0.429. The molecule has 2 aromatic rings. The molecule has 0 atom stereocenters. The Hall–Kier alpha value is -0.603. The summed E-state index contributed by atoms with van der Waals surface area (Å²) in [6.07, 6.45) is 0. The summed E-state index contributed by atoms with van der Waals surface area (Å²) in [5, 5.41) is 1.44. The maximum absolute atomic E-state index is 2.46. The van der Waals surface area contributed by atoms with Gasteiger partial charge in [-0.05, 0) is 22.0 Å². The summed E-state index contributed by atoms with van der Waals surface area (Å²) in [6.45, 7) is 7.14. The molecule has 0 saturated carbocycles. The second-order valence-electron chi connectivity index (χ2n) is 4.49. The molecule has 0 unspecified atom stereocenters. The van der Waals surface area contributed by atoms with Crippen LogP contribution >= 0.6 is 11.3 Å². The SMILES string of the molecule is CC[Si](CC)(CC)c1cc2ccccc2s1. The van der Waals surface area contributed by atoms with E-state index in [1.807, 2.05) is 11.3 Å². The normalized spacial score (nSPS) is 12.2. The first-order valence-electron chi connectivity index (χ1n) is 6.24. The molecular weight excluding hydrogens is 228 g/mol. The van der Waals surface area contributed by atoms with Crippen LogP contribution in [0.2, 0.25) is 18.1 Å². The number of fused-ring (bicyclic) bond motifs is 1. The van der Waals surface area contributed by atoms with E-state index in [1.54, 1.807) is 4.50 Å². The minimum absolute atomic E-state index is 1.16. The van der Waals surface area contributed by atoms with Crippen LogP contribution in [0.3, 0.4) is 0 Å². The highest BCUT2D eigenvalue weighted by molar-refractivity contribution is 7.31. The van der Waals surface area contributed by atoms with Crippen LogP contribution in [-0.2, 0) is 0 Å². The van der Waals surface area contributed by atoms with Crippen molar-refractivity contribution in [3.05, 3.63) is 30.3 Å². The van der Waals surface area contributed by atoms with Crippen LogP contribution in [0.25, 0.3) is 10.1 Å². The zero-order chi connectivity index (χ0) is 11.6. The van der Waals surface area contributed by atoms with Crippen molar-refractivity contribution in [3.8, 4) is 0 Å². The molecule has 1 aromatic carbocycles. The highest BCUT2D eigenvalue weighted by Crippen LogP contribution is 2.27. The van der Waals surface area contributed by atoms with E-state index in [2.05, 4.69) is 51.1 Å². The smallest absolute Gasteiger partial charge is 0.0987 e. The Balaban J connectivity index is 2.53. The minimum Gasteiger partial charge on any atom is -0.145 e. The van der Waals surface area contributed by atoms with Crippen LogP contribution in [0.5, 0.6) is 0 Å². The number of hydrogen-bond donors (Lipinski definition) is 0. The van der Waals surface area contributed by atoms with Crippen LogP contribution in [0.15, 0.2) is 30.3 Å². The van der Waals surface area contributed by atoms with Gasteiger partial charge in [0.15, 0.2) is 0 Å². The van der Waals surface area contributed by atoms with Crippen LogP contribution in [0.4, 0.5) is 0 Å². The van der Waals surface area contributed by atoms with Crippen molar-refractivity contribution in [2.24, 2.45) is 0 Å². The summed E-state index contributed by atoms with van der Waals surface area (Å²) in [4.78, 5) is 0. The fourth-order valence-electron chi connectivity index (χ4n) is 2.52. The molecule has 2 heteroatoms. The predicted octanol–water partition coefficient (Wildman–Crippen LogP) is 4.62. The summed E-state index contributed by atoms with van der Waals surface area (Å²) < 4.78 is 3.17. The van der Waals surface area contributed by atoms with E-state index in [-0.39, 0.29) is 0 Å². The Morgan fingerprint density at radius 3 is 2.19 bits per heavy atom. The molecule has 1 aromatic heterocycles. The van der Waals surface area contributed by atoms with Crippen molar-refractivity contribution in [1.82, 2.24) is 0 Å². The van der Waals surface area contributed by atoms with E-state index < -0.39 is 8.07 Å². The Labute approximate surface area is 103 Å². The zero-order valence-electron chi connectivity index (χ0n) is 10.4. The van der Waals surface area contributed by atoms with Crippen molar-refractivity contribution in [2.45, 2.75) is 38.9 Å². The van der Waals surface area contributed by atoms with Crippen molar-refractivity contribution in [2.75, 3.05) is 0 Å². The van der Waals surface area contributed by atoms with Gasteiger partial charge >= 0.3 is 0 Å². The molecule has 0 radical (unpaired) electrons. The Morgan fingerprint density at radius 1 is 1.00 bits per heavy atom. The Bertz CT molecular complexity index is 427. The second kappa shape index (κ2) is 4.72. The zero-order valence-corrected chi connectivity index (χ0v) is 12.2. The third kappa shape index (κ3) is 1.85. The maximum atomic E-state index is 2.46. The predicted molar refractivity (Wildman–Crippen MR) is 78.7 cm³/mol. The van der Waals surface area contributed by atoms with E-state index >= 15 is 0 Å². The number of hydrogen-bond acceptors (Lipinski definition) is 1. The lowest BCUT2D eigenvalue weighted by Gasteiger charge is -2.26. The average molecular weight is 248 g/mol. The van der Waals surface area contributed by atoms with Gasteiger partial charge in [-0.25, -0.2) is 0 Å². The van der Waals surface area contributed by atoms with Crippen LogP contribution in [-0.4, -0.2) is 8.07 Å². The topological polar surface area (TPSA) is 0 Å². The van der Waals surface area contributed by atoms with Gasteiger partial charge in [0, 0.05) is 4.70 Å². The lowest BCUT2D eigenvalue weighted by atomic mass is 10.3. The largest absolute Gasteiger partial charge is 0.145 e. The molecular formula is C14H20SSi. The van der Waals surface area contributed by atoms with E-state index in [0.29, 0.717) is 0 Å². The number of rotatable bonds is 4. The minimum atomic E-state index is -1.16. The van der Waals surface area contributed by atoms with Gasteiger partial charge in [0.2, 0.25) is 0 Å². The van der Waals surface area contributed by atoms with Gasteiger partial charge in [0.25, 0.3) is 0 Å². The molecule has 0 aliphatic rings. The van der Waals surface area contributed by atoms with Crippen molar-refractivity contribution < 1.29 is 0 Å². The van der Waals surface area contributed by atoms with Crippen LogP contribution in [0.1, 0.15) is 20.8 Å². The molecule has 0 bridgehead atoms. The molecule has 1 heterocycles. The summed E-state index contributed by atoms with van der Waals surface area (Å²) in [6, 6.07) is 15.4. The highest BCUT2D eigenvalue weighted by Gasteiger charge is 2.30. The first kappa shape index (κ1) is 11.9. The second-order valence-corrected chi connectivity index (χ2v) is 11.2. The number of thiophene rings is 1. The molecule has 0 spiro atoms. The molecule has 0 amide bonds. The van der Waals surface area contributed by atoms with Crippen molar-refractivity contribution in [1.29, 1.82) is 0 Å². The maximum Gasteiger partial charge on any atom is 0.0987 e. The quantitative estimate of drug-likeness (QED) is 0.693. The Morgan fingerprint density at radius 2 is 1.62 bits per heavy atom.